The van der Waals surface area contributed by atoms with E-state index in [9.17, 15) is 0 Å². The summed E-state index contributed by atoms with van der Waals surface area (Å²) in [6.07, 6.45) is 2.03. The molecule has 5 heteroatoms. The molecule has 0 saturated heterocycles. The minimum atomic E-state index is 0.706. The molecule has 1 heterocycles. The molecule has 2 rings (SSSR count). The molecule has 0 spiro atoms. The van der Waals surface area contributed by atoms with Gasteiger partial charge in [-0.15, -0.1) is 0 Å². The lowest BCUT2D eigenvalue weighted by Crippen LogP contribution is -2.13. The molecule has 0 aliphatic carbocycles. The average molecular weight is 280 g/mol. The Bertz CT molecular complexity index is 566. The van der Waals surface area contributed by atoms with Gasteiger partial charge in [0, 0.05) is 42.5 Å². The molecule has 0 saturated carbocycles. The first kappa shape index (κ1) is 13.9. The van der Waals surface area contributed by atoms with Crippen LogP contribution in [0.1, 0.15) is 16.8 Å². The number of nitrogens with one attached hydrogen (secondary N) is 1. The van der Waals surface area contributed by atoms with E-state index in [1.807, 2.05) is 43.0 Å². The molecule has 1 N–H and O–H groups in total. The van der Waals surface area contributed by atoms with Crippen molar-refractivity contribution in [2.75, 3.05) is 7.11 Å². The van der Waals surface area contributed by atoms with Gasteiger partial charge in [0.2, 0.25) is 0 Å². The monoisotopic (exact) mass is 279 g/mol. The summed E-state index contributed by atoms with van der Waals surface area (Å²) in [7, 11) is 3.59. The molecule has 1 aromatic carbocycles. The first-order valence-corrected chi connectivity index (χ1v) is 6.50. The lowest BCUT2D eigenvalue weighted by Gasteiger charge is -2.09. The lowest BCUT2D eigenvalue weighted by atomic mass is 10.2. The molecule has 0 bridgehead atoms. The molecule has 1 aromatic heterocycles. The second kappa shape index (κ2) is 6.08. The normalized spacial score (nSPS) is 10.7. The Balaban J connectivity index is 1.99. The number of methoxy groups -OCH3 is 1. The summed E-state index contributed by atoms with van der Waals surface area (Å²) in [5.41, 5.74) is 3.30. The fourth-order valence-electron chi connectivity index (χ4n) is 2.04. The molecular formula is C14H18ClN3O. The van der Waals surface area contributed by atoms with Gasteiger partial charge >= 0.3 is 0 Å². The Hall–Kier alpha value is -1.52. The predicted octanol–water partition coefficient (Wildman–Crippen LogP) is 2.68. The van der Waals surface area contributed by atoms with Gasteiger partial charge in [0.05, 0.1) is 12.8 Å². The second-order valence-corrected chi connectivity index (χ2v) is 4.91. The van der Waals surface area contributed by atoms with Crippen LogP contribution in [0.4, 0.5) is 0 Å². The SMILES string of the molecule is COc1ccc(Cl)cc1CNCc1cn(C)nc1C. The summed E-state index contributed by atoms with van der Waals surface area (Å²) in [5.74, 6) is 0.847. The van der Waals surface area contributed by atoms with Crippen molar-refractivity contribution < 1.29 is 4.74 Å². The molecule has 19 heavy (non-hydrogen) atoms. The maximum Gasteiger partial charge on any atom is 0.123 e. The highest BCUT2D eigenvalue weighted by molar-refractivity contribution is 6.30. The van der Waals surface area contributed by atoms with Crippen molar-refractivity contribution in [1.29, 1.82) is 0 Å². The van der Waals surface area contributed by atoms with Gasteiger partial charge in [-0.2, -0.15) is 5.10 Å². The maximum atomic E-state index is 6.00. The minimum Gasteiger partial charge on any atom is -0.496 e. The van der Waals surface area contributed by atoms with E-state index in [1.165, 1.54) is 5.56 Å². The Morgan fingerprint density at radius 2 is 2.05 bits per heavy atom. The third kappa shape index (κ3) is 3.49. The van der Waals surface area contributed by atoms with Crippen molar-refractivity contribution in [3.63, 3.8) is 0 Å². The van der Waals surface area contributed by atoms with Crippen LogP contribution in [-0.4, -0.2) is 16.9 Å². The zero-order valence-corrected chi connectivity index (χ0v) is 12.2. The molecular weight excluding hydrogens is 262 g/mol. The number of rotatable bonds is 5. The number of nitrogens with zero attached hydrogens (tertiary/aromatic N) is 2. The summed E-state index contributed by atoms with van der Waals surface area (Å²) < 4.78 is 7.14. The number of aryl methyl sites for hydroxylation is 2. The van der Waals surface area contributed by atoms with Gasteiger partial charge in [0.1, 0.15) is 5.75 Å². The standard InChI is InChI=1S/C14H18ClN3O/c1-10-12(9-18(2)17-10)8-16-7-11-6-13(15)4-5-14(11)19-3/h4-6,9,16H,7-8H2,1-3H3. The van der Waals surface area contributed by atoms with Crippen LogP contribution in [0.25, 0.3) is 0 Å². The minimum absolute atomic E-state index is 0.706. The Morgan fingerprint density at radius 3 is 2.68 bits per heavy atom. The second-order valence-electron chi connectivity index (χ2n) is 4.47. The Morgan fingerprint density at radius 1 is 1.32 bits per heavy atom. The van der Waals surface area contributed by atoms with Gasteiger partial charge in [-0.1, -0.05) is 11.6 Å². The van der Waals surface area contributed by atoms with Gasteiger partial charge < -0.3 is 10.1 Å². The fourth-order valence-corrected chi connectivity index (χ4v) is 2.23. The molecule has 0 amide bonds. The quantitative estimate of drug-likeness (QED) is 0.915. The summed E-state index contributed by atoms with van der Waals surface area (Å²) in [6.45, 7) is 3.49. The number of ether oxygens (including phenoxy) is 1. The van der Waals surface area contributed by atoms with Crippen LogP contribution in [0.2, 0.25) is 5.02 Å². The lowest BCUT2D eigenvalue weighted by molar-refractivity contribution is 0.407. The molecule has 0 aliphatic rings. The topological polar surface area (TPSA) is 39.1 Å². The highest BCUT2D eigenvalue weighted by Crippen LogP contribution is 2.22. The summed E-state index contributed by atoms with van der Waals surface area (Å²) >= 11 is 6.00. The van der Waals surface area contributed by atoms with E-state index >= 15 is 0 Å². The highest BCUT2D eigenvalue weighted by atomic mass is 35.5. The first-order chi connectivity index (χ1) is 9.10. The van der Waals surface area contributed by atoms with Crippen LogP contribution >= 0.6 is 11.6 Å². The first-order valence-electron chi connectivity index (χ1n) is 6.12. The summed E-state index contributed by atoms with van der Waals surface area (Å²) in [4.78, 5) is 0. The third-order valence-corrected chi connectivity index (χ3v) is 3.22. The molecule has 0 aliphatic heterocycles. The molecule has 0 radical (unpaired) electrons. The summed E-state index contributed by atoms with van der Waals surface area (Å²) in [6, 6.07) is 5.63. The van der Waals surface area contributed by atoms with Crippen molar-refractivity contribution in [2.45, 2.75) is 20.0 Å². The molecule has 102 valence electrons. The fraction of sp³-hybridized carbons (Fsp3) is 0.357. The number of hydrogen-bond acceptors (Lipinski definition) is 3. The van der Waals surface area contributed by atoms with Gasteiger partial charge in [0.25, 0.3) is 0 Å². The van der Waals surface area contributed by atoms with E-state index < -0.39 is 0 Å². The van der Waals surface area contributed by atoms with Crippen molar-refractivity contribution in [2.24, 2.45) is 7.05 Å². The van der Waals surface area contributed by atoms with Gasteiger partial charge in [-0.25, -0.2) is 0 Å². The average Bonchev–Trinajstić information content (AvgIpc) is 2.68. The number of halogens is 1. The van der Waals surface area contributed by atoms with E-state index in [-0.39, 0.29) is 0 Å². The van der Waals surface area contributed by atoms with E-state index in [1.54, 1.807) is 7.11 Å². The number of benzene rings is 1. The van der Waals surface area contributed by atoms with Crippen molar-refractivity contribution >= 4 is 11.6 Å². The Kier molecular flexibility index (Phi) is 4.45. The van der Waals surface area contributed by atoms with Crippen LogP contribution in [0.3, 0.4) is 0 Å². The maximum absolute atomic E-state index is 6.00. The molecule has 0 unspecified atom stereocenters. The largest absolute Gasteiger partial charge is 0.496 e. The summed E-state index contributed by atoms with van der Waals surface area (Å²) in [5, 5.41) is 8.42. The zero-order chi connectivity index (χ0) is 13.8. The van der Waals surface area contributed by atoms with E-state index in [0.29, 0.717) is 6.54 Å². The molecule has 0 fully saturated rings. The molecule has 4 nitrogen and oxygen atoms in total. The molecule has 0 atom stereocenters. The van der Waals surface area contributed by atoms with E-state index in [2.05, 4.69) is 10.4 Å². The zero-order valence-electron chi connectivity index (χ0n) is 11.4. The van der Waals surface area contributed by atoms with Crippen LogP contribution in [-0.2, 0) is 20.1 Å². The van der Waals surface area contributed by atoms with Gasteiger partial charge in [-0.05, 0) is 25.1 Å². The number of hydrogen-bond donors (Lipinski definition) is 1. The smallest absolute Gasteiger partial charge is 0.123 e. The van der Waals surface area contributed by atoms with Gasteiger partial charge in [0.15, 0.2) is 0 Å². The van der Waals surface area contributed by atoms with Crippen molar-refractivity contribution in [1.82, 2.24) is 15.1 Å². The highest BCUT2D eigenvalue weighted by Gasteiger charge is 2.05. The van der Waals surface area contributed by atoms with Crippen LogP contribution in [0, 0.1) is 6.92 Å². The van der Waals surface area contributed by atoms with Crippen LogP contribution in [0.15, 0.2) is 24.4 Å². The van der Waals surface area contributed by atoms with E-state index in [4.69, 9.17) is 16.3 Å². The van der Waals surface area contributed by atoms with Crippen LogP contribution < -0.4 is 10.1 Å². The Labute approximate surface area is 118 Å². The van der Waals surface area contributed by atoms with Crippen molar-refractivity contribution in [3.8, 4) is 5.75 Å². The van der Waals surface area contributed by atoms with Crippen LogP contribution in [0.5, 0.6) is 5.75 Å². The predicted molar refractivity (Wildman–Crippen MR) is 76.5 cm³/mol. The number of aromatic nitrogens is 2. The van der Waals surface area contributed by atoms with Gasteiger partial charge in [-0.3, -0.25) is 4.68 Å². The molecule has 2 aromatic rings. The van der Waals surface area contributed by atoms with E-state index in [0.717, 1.165) is 28.6 Å². The third-order valence-electron chi connectivity index (χ3n) is 2.99. The van der Waals surface area contributed by atoms with Crippen molar-refractivity contribution in [3.05, 3.63) is 46.2 Å².